The molecule has 0 radical (unpaired) electrons. The van der Waals surface area contributed by atoms with Gasteiger partial charge in [0.05, 0.1) is 0 Å². The number of nitrogens with two attached hydrogens (primary N) is 1. The Morgan fingerprint density at radius 3 is 1.83 bits per heavy atom. The molecule has 0 atom stereocenters. The normalized spacial score (nSPS) is 44.5. The highest BCUT2D eigenvalue weighted by Gasteiger charge is 2.52. The Hall–Kier alpha value is 0.210. The smallest absolute Gasteiger partial charge is 0.0487 e. The first-order valence-electron chi connectivity index (χ1n) is 4.55. The van der Waals surface area contributed by atoms with Crippen LogP contribution in [0.25, 0.3) is 0 Å². The summed E-state index contributed by atoms with van der Waals surface area (Å²) in [6, 6.07) is 0. The quantitative estimate of drug-likeness (QED) is 0.692. The van der Waals surface area contributed by atoms with Crippen LogP contribution in [0.1, 0.15) is 32.1 Å². The van der Waals surface area contributed by atoms with Crippen LogP contribution < -0.4 is 5.73 Å². The fourth-order valence-electron chi connectivity index (χ4n) is 2.95. The van der Waals surface area contributed by atoms with Gasteiger partial charge >= 0.3 is 0 Å². The maximum Gasteiger partial charge on any atom is 0.0487 e. The van der Waals surface area contributed by atoms with E-state index in [1.54, 1.807) is 0 Å². The summed E-state index contributed by atoms with van der Waals surface area (Å²) in [4.78, 5) is 0. The van der Waals surface area contributed by atoms with Crippen LogP contribution >= 0.6 is 12.4 Å². The summed E-state index contributed by atoms with van der Waals surface area (Å²) in [6.07, 6.45) is 6.11. The molecule has 2 rings (SSSR count). The van der Waals surface area contributed by atoms with Crippen LogP contribution in [-0.4, -0.2) is 18.3 Å². The molecule has 0 aromatic heterocycles. The molecule has 0 amide bonds. The van der Waals surface area contributed by atoms with Gasteiger partial charge in [0.2, 0.25) is 0 Å². The first kappa shape index (κ1) is 10.3. The largest absolute Gasteiger partial charge is 0.396 e. The second kappa shape index (κ2) is 3.17. The lowest BCUT2D eigenvalue weighted by Gasteiger charge is -2.25. The molecular weight excluding hydrogens is 174 g/mol. The van der Waals surface area contributed by atoms with E-state index in [9.17, 15) is 5.11 Å². The van der Waals surface area contributed by atoms with Gasteiger partial charge in [0, 0.05) is 6.61 Å². The molecule has 3 heteroatoms. The van der Waals surface area contributed by atoms with Crippen molar-refractivity contribution in [2.75, 3.05) is 13.2 Å². The zero-order valence-corrected chi connectivity index (χ0v) is 8.20. The van der Waals surface area contributed by atoms with E-state index >= 15 is 0 Å². The first-order valence-corrected chi connectivity index (χ1v) is 4.55. The lowest BCUT2D eigenvalue weighted by molar-refractivity contribution is 0.133. The molecule has 0 spiro atoms. The van der Waals surface area contributed by atoms with Crippen molar-refractivity contribution in [2.45, 2.75) is 32.1 Å². The Morgan fingerprint density at radius 1 is 1.08 bits per heavy atom. The molecular formula is C9H18ClNO. The Morgan fingerprint density at radius 2 is 1.58 bits per heavy atom. The molecule has 2 saturated carbocycles. The molecule has 2 nitrogen and oxygen atoms in total. The summed E-state index contributed by atoms with van der Waals surface area (Å²) in [5.41, 5.74) is 6.46. The molecule has 72 valence electrons. The fraction of sp³-hybridized carbons (Fsp3) is 1.00. The Balaban J connectivity index is 0.000000720. The molecule has 0 unspecified atom stereocenters. The van der Waals surface area contributed by atoms with Crippen LogP contribution in [0.5, 0.6) is 0 Å². The van der Waals surface area contributed by atoms with Crippen LogP contribution in [0.4, 0.5) is 0 Å². The molecule has 0 aromatic rings. The van der Waals surface area contributed by atoms with Gasteiger partial charge in [-0.1, -0.05) is 0 Å². The lowest BCUT2D eigenvalue weighted by atomic mass is 9.82. The average Bonchev–Trinajstić information content (AvgIpc) is 2.61. The predicted octanol–water partition coefficient (Wildman–Crippen LogP) is 1.31. The van der Waals surface area contributed by atoms with Crippen molar-refractivity contribution in [3.05, 3.63) is 0 Å². The third-order valence-corrected chi connectivity index (χ3v) is 3.89. The molecule has 2 fully saturated rings. The molecule has 0 aromatic carbocycles. The van der Waals surface area contributed by atoms with Crippen molar-refractivity contribution in [3.63, 3.8) is 0 Å². The Labute approximate surface area is 79.9 Å². The number of fused-ring (bicyclic) bond motifs is 2. The number of aliphatic hydroxyl groups excluding tert-OH is 1. The Kier molecular flexibility index (Phi) is 2.72. The minimum absolute atomic E-state index is 0. The van der Waals surface area contributed by atoms with Crippen LogP contribution in [0.2, 0.25) is 0 Å². The molecule has 2 aliphatic carbocycles. The van der Waals surface area contributed by atoms with Crippen molar-refractivity contribution in [1.29, 1.82) is 0 Å². The van der Waals surface area contributed by atoms with Gasteiger partial charge in [0.15, 0.2) is 0 Å². The second-order valence-electron chi connectivity index (χ2n) is 4.54. The monoisotopic (exact) mass is 191 g/mol. The van der Waals surface area contributed by atoms with E-state index in [1.807, 2.05) is 0 Å². The highest BCUT2D eigenvalue weighted by atomic mass is 35.5. The predicted molar refractivity (Wildman–Crippen MR) is 51.3 cm³/mol. The maximum absolute atomic E-state index is 9.21. The first-order chi connectivity index (χ1) is 5.24. The van der Waals surface area contributed by atoms with Gasteiger partial charge in [0.1, 0.15) is 0 Å². The summed E-state index contributed by atoms with van der Waals surface area (Å²) in [5.74, 6) is 0. The summed E-state index contributed by atoms with van der Waals surface area (Å²) < 4.78 is 0. The molecule has 0 aliphatic heterocycles. The highest BCUT2D eigenvalue weighted by Crippen LogP contribution is 2.60. The number of halogens is 1. The van der Waals surface area contributed by atoms with E-state index < -0.39 is 0 Å². The van der Waals surface area contributed by atoms with Gasteiger partial charge < -0.3 is 10.8 Å². The minimum Gasteiger partial charge on any atom is -0.396 e. The summed E-state index contributed by atoms with van der Waals surface area (Å²) >= 11 is 0. The topological polar surface area (TPSA) is 46.2 Å². The van der Waals surface area contributed by atoms with Gasteiger partial charge in [0.25, 0.3) is 0 Å². The average molecular weight is 192 g/mol. The van der Waals surface area contributed by atoms with Crippen molar-refractivity contribution < 1.29 is 5.11 Å². The second-order valence-corrected chi connectivity index (χ2v) is 4.54. The zero-order valence-electron chi connectivity index (χ0n) is 7.38. The SMILES string of the molecule is Cl.NCC12CCC(CO)(CC1)C2. The van der Waals surface area contributed by atoms with Gasteiger partial charge in [-0.15, -0.1) is 12.4 Å². The van der Waals surface area contributed by atoms with Gasteiger partial charge in [-0.25, -0.2) is 0 Å². The molecule has 3 N–H and O–H groups in total. The van der Waals surface area contributed by atoms with Crippen LogP contribution in [0.3, 0.4) is 0 Å². The van der Waals surface area contributed by atoms with E-state index in [4.69, 9.17) is 5.73 Å². The summed E-state index contributed by atoms with van der Waals surface area (Å²) in [6.45, 7) is 1.21. The van der Waals surface area contributed by atoms with E-state index in [2.05, 4.69) is 0 Å². The van der Waals surface area contributed by atoms with Crippen LogP contribution in [0, 0.1) is 10.8 Å². The van der Waals surface area contributed by atoms with Crippen molar-refractivity contribution in [3.8, 4) is 0 Å². The summed E-state index contributed by atoms with van der Waals surface area (Å²) in [7, 11) is 0. The molecule has 2 bridgehead atoms. The third-order valence-electron chi connectivity index (χ3n) is 3.89. The maximum atomic E-state index is 9.21. The number of aliphatic hydroxyl groups is 1. The molecule has 0 heterocycles. The van der Waals surface area contributed by atoms with E-state index in [-0.39, 0.29) is 12.4 Å². The van der Waals surface area contributed by atoms with Crippen LogP contribution in [0.15, 0.2) is 0 Å². The molecule has 12 heavy (non-hydrogen) atoms. The number of hydrogen-bond acceptors (Lipinski definition) is 2. The highest BCUT2D eigenvalue weighted by molar-refractivity contribution is 5.85. The van der Waals surface area contributed by atoms with Gasteiger partial charge in [-0.2, -0.15) is 0 Å². The lowest BCUT2D eigenvalue weighted by Crippen LogP contribution is -2.25. The molecule has 0 saturated heterocycles. The standard InChI is InChI=1S/C9H17NO.ClH/c10-6-8-1-3-9(5-8,7-11)4-2-8;/h11H,1-7,10H2;1H. The number of rotatable bonds is 2. The van der Waals surface area contributed by atoms with Crippen molar-refractivity contribution >= 4 is 12.4 Å². The summed E-state index contributed by atoms with van der Waals surface area (Å²) in [5, 5.41) is 9.21. The Bertz CT molecular complexity index is 146. The molecule has 2 aliphatic rings. The van der Waals surface area contributed by atoms with Crippen molar-refractivity contribution in [2.24, 2.45) is 16.6 Å². The zero-order chi connectivity index (χ0) is 7.95. The van der Waals surface area contributed by atoms with Gasteiger partial charge in [-0.3, -0.25) is 0 Å². The van der Waals surface area contributed by atoms with Gasteiger partial charge in [-0.05, 0) is 49.5 Å². The number of hydrogen-bond donors (Lipinski definition) is 2. The van der Waals surface area contributed by atoms with Crippen LogP contribution in [-0.2, 0) is 0 Å². The minimum atomic E-state index is 0. The van der Waals surface area contributed by atoms with E-state index in [0.29, 0.717) is 17.4 Å². The van der Waals surface area contributed by atoms with E-state index in [0.717, 1.165) is 6.54 Å². The third kappa shape index (κ3) is 1.26. The van der Waals surface area contributed by atoms with Crippen molar-refractivity contribution in [1.82, 2.24) is 0 Å². The fourth-order valence-corrected chi connectivity index (χ4v) is 2.95. The van der Waals surface area contributed by atoms with E-state index in [1.165, 1.54) is 32.1 Å².